The molecule has 0 aliphatic heterocycles. The molecule has 2 atom stereocenters. The number of amides is 1. The lowest BCUT2D eigenvalue weighted by Crippen LogP contribution is -2.45. The van der Waals surface area contributed by atoms with E-state index >= 15 is 0 Å². The van der Waals surface area contributed by atoms with Gasteiger partial charge in [-0.25, -0.2) is 0 Å². The van der Waals surface area contributed by atoms with Crippen molar-refractivity contribution in [3.63, 3.8) is 0 Å². The van der Waals surface area contributed by atoms with E-state index in [1.165, 1.54) is 360 Å². The summed E-state index contributed by atoms with van der Waals surface area (Å²) in [6, 6.07) is -0.539. The molecule has 0 spiro atoms. The number of esters is 1. The molecule has 0 aromatic heterocycles. The second-order valence-corrected chi connectivity index (χ2v) is 26.0. The van der Waals surface area contributed by atoms with Crippen molar-refractivity contribution < 1.29 is 24.5 Å². The fourth-order valence-electron chi connectivity index (χ4n) is 12.1. The lowest BCUT2D eigenvalue weighted by atomic mass is 10.0. The molecule has 6 heteroatoms. The summed E-state index contributed by atoms with van der Waals surface area (Å²) >= 11 is 0. The number of aliphatic hydroxyl groups is 2. The summed E-state index contributed by atoms with van der Waals surface area (Å²) in [7, 11) is 0. The van der Waals surface area contributed by atoms with Crippen LogP contribution in [0.25, 0.3) is 0 Å². The number of carbonyl (C=O) groups excluding carboxylic acids is 2. The minimum atomic E-state index is -0.662. The third-order valence-corrected chi connectivity index (χ3v) is 17.8. The molecule has 0 radical (unpaired) electrons. The molecule has 0 bridgehead atoms. The van der Waals surface area contributed by atoms with Crippen molar-refractivity contribution in [2.75, 3.05) is 13.2 Å². The predicted molar refractivity (Wildman–Crippen MR) is 357 cm³/mol. The molecule has 3 N–H and O–H groups in total. The highest BCUT2D eigenvalue weighted by atomic mass is 16.5. The van der Waals surface area contributed by atoms with E-state index in [-0.39, 0.29) is 18.5 Å². The van der Waals surface area contributed by atoms with Gasteiger partial charge in [-0.05, 0) is 51.4 Å². The van der Waals surface area contributed by atoms with Crippen LogP contribution in [0.5, 0.6) is 0 Å². The third-order valence-electron chi connectivity index (χ3n) is 17.8. The summed E-state index contributed by atoms with van der Waals surface area (Å²) in [5, 5.41) is 23.3. The molecule has 0 rings (SSSR count). The maximum Gasteiger partial charge on any atom is 0.305 e. The molecule has 1 amide bonds. The maximum absolute atomic E-state index is 12.5. The summed E-state index contributed by atoms with van der Waals surface area (Å²) in [4.78, 5) is 24.6. The second-order valence-electron chi connectivity index (χ2n) is 26.0. The standard InChI is InChI=1S/C75H147NO5/c1-3-5-7-9-11-13-15-17-19-20-34-38-41-45-49-53-57-61-65-69-75(80)81-70-66-62-58-54-50-46-42-39-36-33-31-29-27-25-23-21-22-24-26-28-30-32-35-37-40-44-48-52-56-60-64-68-74(79)76-72(71-77)73(78)67-63-59-55-51-47-43-18-16-14-12-10-8-6-4-2/h23,25,72-73,77-78H,3-22,24,26-71H2,1-2H3,(H,76,79)/b25-23-. The van der Waals surface area contributed by atoms with Crippen LogP contribution in [0.4, 0.5) is 0 Å². The van der Waals surface area contributed by atoms with E-state index in [1.54, 1.807) is 0 Å². The Kier molecular flexibility index (Phi) is 69.9. The van der Waals surface area contributed by atoms with E-state index in [0.717, 1.165) is 38.5 Å². The van der Waals surface area contributed by atoms with Gasteiger partial charge >= 0.3 is 5.97 Å². The lowest BCUT2D eigenvalue weighted by molar-refractivity contribution is -0.143. The fraction of sp³-hybridized carbons (Fsp3) is 0.947. The van der Waals surface area contributed by atoms with Crippen molar-refractivity contribution in [3.8, 4) is 0 Å². The number of ether oxygens (including phenoxy) is 1. The zero-order chi connectivity index (χ0) is 58.5. The smallest absolute Gasteiger partial charge is 0.305 e. The van der Waals surface area contributed by atoms with Gasteiger partial charge in [-0.3, -0.25) is 9.59 Å². The Morgan fingerprint density at radius 1 is 0.333 bits per heavy atom. The molecular formula is C75H147NO5. The number of nitrogens with one attached hydrogen (secondary N) is 1. The van der Waals surface area contributed by atoms with Crippen LogP contribution in [-0.4, -0.2) is 47.4 Å². The monoisotopic (exact) mass is 1140 g/mol. The average Bonchev–Trinajstić information content (AvgIpc) is 3.47. The number of unbranched alkanes of at least 4 members (excludes halogenated alkanes) is 58. The zero-order valence-corrected chi connectivity index (χ0v) is 55.3. The SMILES string of the molecule is CCCCCCCCCCCCCCCCCCCCCC(=O)OCCCCCCCCCCCCCC/C=C\CCCCCCCCCCCCCCCCCC(=O)NC(CO)C(O)CCCCCCCCCCCCCCCC. The third kappa shape index (κ3) is 67.6. The number of hydrogen-bond acceptors (Lipinski definition) is 5. The number of allylic oxidation sites excluding steroid dienone is 2. The fourth-order valence-corrected chi connectivity index (χ4v) is 12.1. The van der Waals surface area contributed by atoms with Crippen LogP contribution in [-0.2, 0) is 14.3 Å². The van der Waals surface area contributed by atoms with E-state index < -0.39 is 12.1 Å². The van der Waals surface area contributed by atoms with Crippen LogP contribution in [0.3, 0.4) is 0 Å². The van der Waals surface area contributed by atoms with E-state index in [1.807, 2.05) is 0 Å². The van der Waals surface area contributed by atoms with Crippen molar-refractivity contribution in [1.82, 2.24) is 5.32 Å². The minimum absolute atomic E-state index is 0.0236. The molecule has 482 valence electrons. The first-order valence-electron chi connectivity index (χ1n) is 37.4. The zero-order valence-electron chi connectivity index (χ0n) is 55.3. The molecule has 0 saturated heterocycles. The van der Waals surface area contributed by atoms with Gasteiger partial charge < -0.3 is 20.3 Å². The molecule has 0 saturated carbocycles. The molecule has 0 aromatic carbocycles. The Morgan fingerprint density at radius 3 is 0.877 bits per heavy atom. The summed E-state index contributed by atoms with van der Waals surface area (Å²) in [5.74, 6) is -0.00613. The van der Waals surface area contributed by atoms with Crippen molar-refractivity contribution in [1.29, 1.82) is 0 Å². The molecule has 6 nitrogen and oxygen atoms in total. The van der Waals surface area contributed by atoms with Crippen LogP contribution in [0.1, 0.15) is 431 Å². The van der Waals surface area contributed by atoms with Gasteiger partial charge in [-0.2, -0.15) is 0 Å². The lowest BCUT2D eigenvalue weighted by Gasteiger charge is -2.22. The van der Waals surface area contributed by atoms with Crippen molar-refractivity contribution in [3.05, 3.63) is 12.2 Å². The summed E-state index contributed by atoms with van der Waals surface area (Å²) in [6.45, 7) is 5.00. The molecule has 0 aromatic rings. The first kappa shape index (κ1) is 79.6. The molecule has 0 heterocycles. The van der Waals surface area contributed by atoms with Gasteiger partial charge in [0.05, 0.1) is 25.4 Å². The normalized spacial score (nSPS) is 12.5. The summed E-state index contributed by atoms with van der Waals surface area (Å²) in [6.07, 6.45) is 88.6. The Bertz CT molecular complexity index is 1220. The predicted octanol–water partition coefficient (Wildman–Crippen LogP) is 24.3. The number of rotatable bonds is 71. The van der Waals surface area contributed by atoms with Gasteiger partial charge in [0, 0.05) is 12.8 Å². The first-order chi connectivity index (χ1) is 40.0. The maximum atomic E-state index is 12.5. The van der Waals surface area contributed by atoms with Gasteiger partial charge in [0.2, 0.25) is 5.91 Å². The van der Waals surface area contributed by atoms with E-state index in [2.05, 4.69) is 31.3 Å². The van der Waals surface area contributed by atoms with Crippen LogP contribution in [0, 0.1) is 0 Å². The van der Waals surface area contributed by atoms with Gasteiger partial charge in [0.15, 0.2) is 0 Å². The second kappa shape index (κ2) is 71.1. The highest BCUT2D eigenvalue weighted by Gasteiger charge is 2.20. The number of hydrogen-bond donors (Lipinski definition) is 3. The Labute approximate surface area is 508 Å². The van der Waals surface area contributed by atoms with Crippen molar-refractivity contribution in [2.24, 2.45) is 0 Å². The molecule has 0 aliphatic rings. The summed E-state index contributed by atoms with van der Waals surface area (Å²) < 4.78 is 5.52. The van der Waals surface area contributed by atoms with Crippen molar-refractivity contribution >= 4 is 11.9 Å². The van der Waals surface area contributed by atoms with Crippen LogP contribution in [0.15, 0.2) is 12.2 Å². The van der Waals surface area contributed by atoms with Crippen molar-refractivity contribution in [2.45, 2.75) is 443 Å². The number of aliphatic hydroxyl groups excluding tert-OH is 2. The molecule has 2 unspecified atom stereocenters. The molecule has 0 fully saturated rings. The average molecular weight is 1140 g/mol. The van der Waals surface area contributed by atoms with E-state index in [4.69, 9.17) is 4.74 Å². The van der Waals surface area contributed by atoms with Crippen LogP contribution in [0.2, 0.25) is 0 Å². The molecular weight excluding hydrogens is 995 g/mol. The Morgan fingerprint density at radius 2 is 0.580 bits per heavy atom. The highest BCUT2D eigenvalue weighted by Crippen LogP contribution is 2.20. The quantitative estimate of drug-likeness (QED) is 0.0320. The topological polar surface area (TPSA) is 95.9 Å². The largest absolute Gasteiger partial charge is 0.466 e. The van der Waals surface area contributed by atoms with Crippen LogP contribution < -0.4 is 5.32 Å². The Balaban J connectivity index is 3.32. The van der Waals surface area contributed by atoms with Gasteiger partial charge in [0.25, 0.3) is 0 Å². The minimum Gasteiger partial charge on any atom is -0.466 e. The summed E-state index contributed by atoms with van der Waals surface area (Å²) in [5.41, 5.74) is 0. The molecule has 81 heavy (non-hydrogen) atoms. The highest BCUT2D eigenvalue weighted by molar-refractivity contribution is 5.76. The molecule has 0 aliphatic carbocycles. The van der Waals surface area contributed by atoms with Gasteiger partial charge in [0.1, 0.15) is 0 Å². The van der Waals surface area contributed by atoms with E-state index in [9.17, 15) is 19.8 Å². The number of carbonyl (C=O) groups is 2. The van der Waals surface area contributed by atoms with Gasteiger partial charge in [-0.15, -0.1) is 0 Å². The van der Waals surface area contributed by atoms with Gasteiger partial charge in [-0.1, -0.05) is 379 Å². The first-order valence-corrected chi connectivity index (χ1v) is 37.4. The Hall–Kier alpha value is -1.40. The van der Waals surface area contributed by atoms with E-state index in [0.29, 0.717) is 25.9 Å². The van der Waals surface area contributed by atoms with Crippen LogP contribution >= 0.6 is 0 Å².